The van der Waals surface area contributed by atoms with E-state index in [0.717, 1.165) is 42.5 Å². The lowest BCUT2D eigenvalue weighted by atomic mass is 9.64. The first-order valence-electron chi connectivity index (χ1n) is 10.1. The molecular weight excluding hydrogens is 463 g/mol. The van der Waals surface area contributed by atoms with Crippen LogP contribution in [-0.4, -0.2) is 51.0 Å². The van der Waals surface area contributed by atoms with Gasteiger partial charge in [0.25, 0.3) is 5.91 Å². The number of guanidine groups is 1. The third-order valence-electron chi connectivity index (χ3n) is 5.40. The van der Waals surface area contributed by atoms with Gasteiger partial charge in [-0.25, -0.2) is 0 Å². The molecular formula is C22H37IN4O. The van der Waals surface area contributed by atoms with Crippen molar-refractivity contribution < 1.29 is 4.79 Å². The summed E-state index contributed by atoms with van der Waals surface area (Å²) < 4.78 is 0. The number of hydrogen-bond donors (Lipinski definition) is 2. The minimum absolute atomic E-state index is 0. The van der Waals surface area contributed by atoms with Gasteiger partial charge in [-0.15, -0.1) is 24.0 Å². The lowest BCUT2D eigenvalue weighted by Crippen LogP contribution is -2.47. The lowest BCUT2D eigenvalue weighted by molar-refractivity contribution is 0.0827. The molecule has 0 atom stereocenters. The predicted octanol–water partition coefficient (Wildman–Crippen LogP) is 3.93. The zero-order valence-electron chi connectivity index (χ0n) is 18.0. The number of carbonyl (C=O) groups excluding carboxylic acids is 1. The molecule has 6 heteroatoms. The van der Waals surface area contributed by atoms with Gasteiger partial charge in [-0.1, -0.05) is 32.4 Å². The Labute approximate surface area is 187 Å². The van der Waals surface area contributed by atoms with Crippen molar-refractivity contribution in [3.05, 3.63) is 35.4 Å². The van der Waals surface area contributed by atoms with Crippen molar-refractivity contribution in [2.75, 3.05) is 34.2 Å². The molecule has 1 aromatic carbocycles. The highest BCUT2D eigenvalue weighted by molar-refractivity contribution is 14.0. The van der Waals surface area contributed by atoms with Gasteiger partial charge in [0.05, 0.1) is 0 Å². The van der Waals surface area contributed by atoms with E-state index < -0.39 is 0 Å². The van der Waals surface area contributed by atoms with E-state index in [0.29, 0.717) is 5.41 Å². The molecule has 0 unspecified atom stereocenters. The molecule has 0 aliphatic heterocycles. The topological polar surface area (TPSA) is 56.7 Å². The van der Waals surface area contributed by atoms with Crippen LogP contribution in [0.15, 0.2) is 29.3 Å². The number of rotatable bonds is 8. The summed E-state index contributed by atoms with van der Waals surface area (Å²) in [5.74, 6) is 1.64. The van der Waals surface area contributed by atoms with Crippen molar-refractivity contribution in [2.45, 2.75) is 46.0 Å². The number of nitrogens with zero attached hydrogens (tertiary/aromatic N) is 2. The average molecular weight is 500 g/mol. The molecule has 28 heavy (non-hydrogen) atoms. The average Bonchev–Trinajstić information content (AvgIpc) is 2.61. The highest BCUT2D eigenvalue weighted by atomic mass is 127. The van der Waals surface area contributed by atoms with Crippen LogP contribution in [0.3, 0.4) is 0 Å². The lowest BCUT2D eigenvalue weighted by Gasteiger charge is -2.43. The molecule has 1 aliphatic carbocycles. The summed E-state index contributed by atoms with van der Waals surface area (Å²) in [6.07, 6.45) is 6.13. The molecule has 1 fully saturated rings. The summed E-state index contributed by atoms with van der Waals surface area (Å²) >= 11 is 0. The summed E-state index contributed by atoms with van der Waals surface area (Å²) in [5.41, 5.74) is 2.34. The Hall–Kier alpha value is -1.31. The maximum Gasteiger partial charge on any atom is 0.253 e. The Morgan fingerprint density at radius 3 is 2.50 bits per heavy atom. The molecule has 5 nitrogen and oxygen atoms in total. The highest BCUT2D eigenvalue weighted by Crippen LogP contribution is 2.45. The third kappa shape index (κ3) is 7.26. The van der Waals surface area contributed by atoms with Crippen LogP contribution in [0.5, 0.6) is 0 Å². The van der Waals surface area contributed by atoms with E-state index in [1.807, 2.05) is 25.2 Å². The number of aliphatic imine (C=N–C) groups is 1. The van der Waals surface area contributed by atoms with Gasteiger partial charge in [-0.3, -0.25) is 9.79 Å². The highest BCUT2D eigenvalue weighted by Gasteiger charge is 2.37. The molecule has 1 aliphatic rings. The molecule has 1 saturated carbocycles. The second-order valence-corrected chi connectivity index (χ2v) is 8.45. The molecule has 0 spiro atoms. The van der Waals surface area contributed by atoms with Crippen LogP contribution in [0.25, 0.3) is 0 Å². The van der Waals surface area contributed by atoms with Crippen molar-refractivity contribution >= 4 is 35.8 Å². The van der Waals surface area contributed by atoms with Gasteiger partial charge in [-0.05, 0) is 54.7 Å². The SMILES string of the molecule is CN=C(NCCc1cccc(C(=O)N(C)C)c1)NCC1(CC(C)C)CCC1.I. The van der Waals surface area contributed by atoms with Crippen LogP contribution >= 0.6 is 24.0 Å². The maximum absolute atomic E-state index is 12.1. The molecule has 0 radical (unpaired) electrons. The van der Waals surface area contributed by atoms with Crippen molar-refractivity contribution in [1.29, 1.82) is 0 Å². The number of hydrogen-bond acceptors (Lipinski definition) is 2. The third-order valence-corrected chi connectivity index (χ3v) is 5.40. The fourth-order valence-electron chi connectivity index (χ4n) is 3.93. The molecule has 0 bridgehead atoms. The Morgan fingerprint density at radius 2 is 1.96 bits per heavy atom. The summed E-state index contributed by atoms with van der Waals surface area (Å²) in [7, 11) is 5.38. The largest absolute Gasteiger partial charge is 0.356 e. The van der Waals surface area contributed by atoms with E-state index in [2.05, 4.69) is 35.5 Å². The molecule has 1 amide bonds. The van der Waals surface area contributed by atoms with Gasteiger partial charge in [-0.2, -0.15) is 0 Å². The van der Waals surface area contributed by atoms with E-state index in [4.69, 9.17) is 0 Å². The predicted molar refractivity (Wildman–Crippen MR) is 129 cm³/mol. The molecule has 2 N–H and O–H groups in total. The van der Waals surface area contributed by atoms with Crippen molar-refractivity contribution in [3.63, 3.8) is 0 Å². The number of carbonyl (C=O) groups is 1. The summed E-state index contributed by atoms with van der Waals surface area (Å²) in [6, 6.07) is 7.86. The first-order valence-corrected chi connectivity index (χ1v) is 10.1. The molecule has 0 heterocycles. The second kappa shape index (κ2) is 11.6. The van der Waals surface area contributed by atoms with Gasteiger partial charge < -0.3 is 15.5 Å². The van der Waals surface area contributed by atoms with E-state index in [-0.39, 0.29) is 29.9 Å². The fourth-order valence-corrected chi connectivity index (χ4v) is 3.93. The minimum Gasteiger partial charge on any atom is -0.356 e. The molecule has 158 valence electrons. The van der Waals surface area contributed by atoms with Gasteiger partial charge in [0.1, 0.15) is 0 Å². The van der Waals surface area contributed by atoms with Crippen LogP contribution in [0.4, 0.5) is 0 Å². The second-order valence-electron chi connectivity index (χ2n) is 8.45. The van der Waals surface area contributed by atoms with Crippen LogP contribution < -0.4 is 10.6 Å². The Morgan fingerprint density at radius 1 is 1.25 bits per heavy atom. The normalized spacial score (nSPS) is 15.4. The molecule has 0 aromatic heterocycles. The molecule has 0 saturated heterocycles. The minimum atomic E-state index is 0. The number of nitrogens with one attached hydrogen (secondary N) is 2. The van der Waals surface area contributed by atoms with Gasteiger partial charge in [0.15, 0.2) is 5.96 Å². The Bertz CT molecular complexity index is 654. The quantitative estimate of drug-likeness (QED) is 0.323. The first-order chi connectivity index (χ1) is 12.8. The standard InChI is InChI=1S/C22H36N4O.HI/c1-17(2)15-22(11-7-12-22)16-25-21(23-3)24-13-10-18-8-6-9-19(14-18)20(27)26(4)5;/h6,8-9,14,17H,7,10-13,15-16H2,1-5H3,(H2,23,24,25);1H. The van der Waals surface area contributed by atoms with E-state index >= 15 is 0 Å². The fraction of sp³-hybridized carbons (Fsp3) is 0.636. The van der Waals surface area contributed by atoms with Gasteiger partial charge >= 0.3 is 0 Å². The Balaban J connectivity index is 0.00000392. The zero-order chi connectivity index (χ0) is 19.9. The van der Waals surface area contributed by atoms with E-state index in [1.54, 1.807) is 19.0 Å². The van der Waals surface area contributed by atoms with Crippen LogP contribution in [-0.2, 0) is 6.42 Å². The smallest absolute Gasteiger partial charge is 0.253 e. The van der Waals surface area contributed by atoms with E-state index in [9.17, 15) is 4.79 Å². The zero-order valence-corrected chi connectivity index (χ0v) is 20.4. The van der Waals surface area contributed by atoms with Crippen molar-refractivity contribution in [3.8, 4) is 0 Å². The Kier molecular flexibility index (Phi) is 10.3. The molecule has 1 aromatic rings. The summed E-state index contributed by atoms with van der Waals surface area (Å²) in [4.78, 5) is 18.1. The number of amides is 1. The van der Waals surface area contributed by atoms with Crippen molar-refractivity contribution in [2.24, 2.45) is 16.3 Å². The molecule has 2 rings (SSSR count). The van der Waals surface area contributed by atoms with Crippen LogP contribution in [0.1, 0.15) is 55.5 Å². The summed E-state index contributed by atoms with van der Waals surface area (Å²) in [6.45, 7) is 6.40. The first kappa shape index (κ1) is 24.7. The summed E-state index contributed by atoms with van der Waals surface area (Å²) in [5, 5.41) is 6.93. The number of halogens is 1. The van der Waals surface area contributed by atoms with Gasteiger partial charge in [0, 0.05) is 39.8 Å². The number of benzene rings is 1. The van der Waals surface area contributed by atoms with Crippen molar-refractivity contribution in [1.82, 2.24) is 15.5 Å². The van der Waals surface area contributed by atoms with E-state index in [1.165, 1.54) is 25.7 Å². The monoisotopic (exact) mass is 500 g/mol. The van der Waals surface area contributed by atoms with Crippen LogP contribution in [0, 0.1) is 11.3 Å². The van der Waals surface area contributed by atoms with Crippen LogP contribution in [0.2, 0.25) is 0 Å². The maximum atomic E-state index is 12.1. The van der Waals surface area contributed by atoms with Gasteiger partial charge in [0.2, 0.25) is 0 Å².